The highest BCUT2D eigenvalue weighted by Crippen LogP contribution is 2.16. The fourth-order valence-corrected chi connectivity index (χ4v) is 2.51. The van der Waals surface area contributed by atoms with E-state index in [1.165, 1.54) is 11.3 Å². The molecule has 2 rings (SSSR count). The molecular weight excluding hydrogens is 250 g/mol. The van der Waals surface area contributed by atoms with Crippen LogP contribution in [0.25, 0.3) is 0 Å². The molecule has 0 aliphatic rings. The molecule has 0 saturated heterocycles. The Balaban J connectivity index is 1.80. The Bertz CT molecular complexity index is 533. The topological polar surface area (TPSA) is 67.2 Å². The summed E-state index contributed by atoms with van der Waals surface area (Å²) in [5, 5.41) is 18.1. The fourth-order valence-electron chi connectivity index (χ4n) is 1.75. The van der Waals surface area contributed by atoms with Gasteiger partial charge in [-0.2, -0.15) is 5.10 Å². The van der Waals surface area contributed by atoms with Gasteiger partial charge < -0.3 is 10.4 Å². The highest BCUT2D eigenvalue weighted by molar-refractivity contribution is 7.12. The first-order chi connectivity index (χ1) is 8.68. The zero-order chi connectivity index (χ0) is 13.0. The lowest BCUT2D eigenvalue weighted by Crippen LogP contribution is -2.18. The summed E-state index contributed by atoms with van der Waals surface area (Å²) >= 11 is 1.26. The van der Waals surface area contributed by atoms with Gasteiger partial charge in [0.2, 0.25) is 0 Å². The summed E-state index contributed by atoms with van der Waals surface area (Å²) < 4.78 is 1.84. The molecule has 2 aromatic heterocycles. The van der Waals surface area contributed by atoms with Crippen molar-refractivity contribution in [2.75, 3.05) is 6.54 Å². The molecule has 0 aliphatic heterocycles. The number of nitrogens with zero attached hydrogens (tertiary/aromatic N) is 2. The van der Waals surface area contributed by atoms with Crippen molar-refractivity contribution in [2.45, 2.75) is 13.0 Å². The van der Waals surface area contributed by atoms with Crippen LogP contribution in [0.3, 0.4) is 0 Å². The molecule has 0 unspecified atom stereocenters. The van der Waals surface area contributed by atoms with Gasteiger partial charge in [0.1, 0.15) is 4.88 Å². The van der Waals surface area contributed by atoms with Crippen LogP contribution >= 0.6 is 11.3 Å². The second kappa shape index (κ2) is 5.79. The molecule has 0 bridgehead atoms. The minimum atomic E-state index is -0.853. The van der Waals surface area contributed by atoms with Crippen molar-refractivity contribution in [3.63, 3.8) is 0 Å². The largest absolute Gasteiger partial charge is 0.477 e. The van der Waals surface area contributed by atoms with Crippen molar-refractivity contribution in [3.05, 3.63) is 39.8 Å². The maximum atomic E-state index is 10.9. The van der Waals surface area contributed by atoms with Crippen LogP contribution in [-0.2, 0) is 20.0 Å². The maximum Gasteiger partial charge on any atom is 0.346 e. The van der Waals surface area contributed by atoms with Gasteiger partial charge in [-0.25, -0.2) is 4.79 Å². The average Bonchev–Trinajstić information content (AvgIpc) is 2.94. The maximum absolute atomic E-state index is 10.9. The van der Waals surface area contributed by atoms with Crippen molar-refractivity contribution in [1.82, 2.24) is 15.1 Å². The molecule has 0 amide bonds. The van der Waals surface area contributed by atoms with Crippen molar-refractivity contribution in [2.24, 2.45) is 7.05 Å². The molecule has 6 heteroatoms. The van der Waals surface area contributed by atoms with E-state index in [9.17, 15) is 4.79 Å². The van der Waals surface area contributed by atoms with Gasteiger partial charge in [-0.05, 0) is 23.1 Å². The van der Waals surface area contributed by atoms with E-state index in [0.29, 0.717) is 11.4 Å². The predicted molar refractivity (Wildman–Crippen MR) is 69.9 cm³/mol. The average molecular weight is 265 g/mol. The summed E-state index contributed by atoms with van der Waals surface area (Å²) in [6.45, 7) is 1.39. The highest BCUT2D eigenvalue weighted by Gasteiger charge is 2.10. The number of aromatic carboxylic acids is 1. The lowest BCUT2D eigenvalue weighted by molar-refractivity contribution is 0.0701. The van der Waals surface area contributed by atoms with Gasteiger partial charge in [0.15, 0.2) is 0 Å². The summed E-state index contributed by atoms with van der Waals surface area (Å²) in [5.74, 6) is -0.853. The van der Waals surface area contributed by atoms with E-state index in [0.717, 1.165) is 24.2 Å². The minimum absolute atomic E-state index is 0.419. The van der Waals surface area contributed by atoms with E-state index in [1.807, 2.05) is 29.2 Å². The molecule has 0 aromatic carbocycles. The monoisotopic (exact) mass is 265 g/mol. The number of nitrogens with one attached hydrogen (secondary N) is 1. The predicted octanol–water partition coefficient (Wildman–Crippen LogP) is 1.51. The van der Waals surface area contributed by atoms with E-state index in [-0.39, 0.29) is 0 Å². The third-order valence-corrected chi connectivity index (χ3v) is 3.68. The zero-order valence-electron chi connectivity index (χ0n) is 10.1. The zero-order valence-corrected chi connectivity index (χ0v) is 10.9. The van der Waals surface area contributed by atoms with Crippen LogP contribution in [0.15, 0.2) is 23.7 Å². The van der Waals surface area contributed by atoms with E-state index in [4.69, 9.17) is 5.11 Å². The molecule has 5 nitrogen and oxygen atoms in total. The van der Waals surface area contributed by atoms with Gasteiger partial charge in [0.25, 0.3) is 0 Å². The molecule has 2 heterocycles. The number of carbonyl (C=O) groups is 1. The van der Waals surface area contributed by atoms with Crippen LogP contribution in [0.4, 0.5) is 0 Å². The second-order valence-corrected chi connectivity index (χ2v) is 4.87. The Morgan fingerprint density at radius 2 is 2.39 bits per heavy atom. The Labute approximate surface area is 109 Å². The summed E-state index contributed by atoms with van der Waals surface area (Å²) in [6.07, 6.45) is 2.65. The molecule has 0 fully saturated rings. The normalized spacial score (nSPS) is 10.7. The van der Waals surface area contributed by atoms with Gasteiger partial charge in [-0.1, -0.05) is 0 Å². The molecule has 18 heavy (non-hydrogen) atoms. The van der Waals surface area contributed by atoms with Crippen LogP contribution in [0, 0.1) is 0 Å². The summed E-state index contributed by atoms with van der Waals surface area (Å²) in [4.78, 5) is 11.3. The first kappa shape index (κ1) is 12.8. The van der Waals surface area contributed by atoms with Crippen molar-refractivity contribution in [3.8, 4) is 0 Å². The van der Waals surface area contributed by atoms with Crippen molar-refractivity contribution < 1.29 is 9.90 Å². The quantitative estimate of drug-likeness (QED) is 0.777. The van der Waals surface area contributed by atoms with Crippen molar-refractivity contribution >= 4 is 17.3 Å². The van der Waals surface area contributed by atoms with E-state index >= 15 is 0 Å². The summed E-state index contributed by atoms with van der Waals surface area (Å²) in [5.41, 5.74) is 2.00. The molecule has 2 aromatic rings. The number of aryl methyl sites for hydroxylation is 1. The van der Waals surface area contributed by atoms with Crippen LogP contribution in [-0.4, -0.2) is 27.4 Å². The van der Waals surface area contributed by atoms with E-state index in [1.54, 1.807) is 6.20 Å². The molecule has 0 saturated carbocycles. The molecule has 0 spiro atoms. The van der Waals surface area contributed by atoms with Crippen molar-refractivity contribution in [1.29, 1.82) is 0 Å². The summed E-state index contributed by atoms with van der Waals surface area (Å²) in [6, 6.07) is 3.83. The number of rotatable bonds is 6. The third kappa shape index (κ3) is 2.96. The molecule has 0 atom stereocenters. The van der Waals surface area contributed by atoms with Crippen LogP contribution in [0.2, 0.25) is 0 Å². The van der Waals surface area contributed by atoms with Crippen LogP contribution < -0.4 is 5.32 Å². The number of thiophene rings is 1. The lowest BCUT2D eigenvalue weighted by Gasteiger charge is -2.05. The smallest absolute Gasteiger partial charge is 0.346 e. The number of carboxylic acid groups (broad SMARTS) is 1. The number of carboxylic acids is 1. The Morgan fingerprint density at radius 3 is 3.06 bits per heavy atom. The van der Waals surface area contributed by atoms with Gasteiger partial charge >= 0.3 is 5.97 Å². The van der Waals surface area contributed by atoms with E-state index < -0.39 is 5.97 Å². The standard InChI is InChI=1S/C12H15N3O2S/c1-15-10(3-6-14-15)2-5-13-8-9-4-7-18-11(9)12(16)17/h3-4,6-7,13H,2,5,8H2,1H3,(H,16,17). The highest BCUT2D eigenvalue weighted by atomic mass is 32.1. The first-order valence-corrected chi connectivity index (χ1v) is 6.53. The molecule has 2 N–H and O–H groups in total. The number of aromatic nitrogens is 2. The molecule has 0 radical (unpaired) electrons. The third-order valence-electron chi connectivity index (χ3n) is 2.74. The first-order valence-electron chi connectivity index (χ1n) is 5.65. The van der Waals surface area contributed by atoms with E-state index in [2.05, 4.69) is 10.4 Å². The molecule has 96 valence electrons. The van der Waals surface area contributed by atoms with Crippen LogP contribution in [0.5, 0.6) is 0 Å². The van der Waals surface area contributed by atoms with Gasteiger partial charge in [-0.3, -0.25) is 4.68 Å². The Hall–Kier alpha value is -1.66. The minimum Gasteiger partial charge on any atom is -0.477 e. The molecular formula is C12H15N3O2S. The fraction of sp³-hybridized carbons (Fsp3) is 0.333. The Morgan fingerprint density at radius 1 is 1.56 bits per heavy atom. The SMILES string of the molecule is Cn1nccc1CCNCc1ccsc1C(=O)O. The van der Waals surface area contributed by atoms with Crippen LogP contribution in [0.1, 0.15) is 20.9 Å². The number of hydrogen-bond acceptors (Lipinski definition) is 4. The van der Waals surface area contributed by atoms with Gasteiger partial charge in [0.05, 0.1) is 0 Å². The van der Waals surface area contributed by atoms with Gasteiger partial charge in [0, 0.05) is 38.4 Å². The lowest BCUT2D eigenvalue weighted by atomic mass is 10.2. The number of hydrogen-bond donors (Lipinski definition) is 2. The molecule has 0 aliphatic carbocycles. The second-order valence-electron chi connectivity index (χ2n) is 3.95. The van der Waals surface area contributed by atoms with Gasteiger partial charge in [-0.15, -0.1) is 11.3 Å². The summed E-state index contributed by atoms with van der Waals surface area (Å²) in [7, 11) is 1.91. The Kier molecular flexibility index (Phi) is 4.11.